The molecule has 0 bridgehead atoms. The highest BCUT2D eigenvalue weighted by molar-refractivity contribution is 6.32. The van der Waals surface area contributed by atoms with Gasteiger partial charge in [0.05, 0.1) is 17.8 Å². The van der Waals surface area contributed by atoms with Crippen molar-refractivity contribution in [3.05, 3.63) is 82.1 Å². The van der Waals surface area contributed by atoms with Crippen molar-refractivity contribution in [1.29, 1.82) is 0 Å². The molecule has 2 aliphatic heterocycles. The number of piperazine rings is 1. The van der Waals surface area contributed by atoms with E-state index in [0.717, 1.165) is 36.8 Å². The van der Waals surface area contributed by atoms with Crippen molar-refractivity contribution in [2.75, 3.05) is 31.6 Å². The average molecular weight is 492 g/mol. The summed E-state index contributed by atoms with van der Waals surface area (Å²) in [5.41, 5.74) is 6.15. The molecule has 3 aromatic rings. The molecule has 2 fully saturated rings. The zero-order valence-corrected chi connectivity index (χ0v) is 21.6. The van der Waals surface area contributed by atoms with Crippen LogP contribution in [0.1, 0.15) is 47.7 Å². The number of fused-ring (bicyclic) bond motifs is 1. The van der Waals surface area contributed by atoms with Crippen molar-refractivity contribution in [2.45, 2.75) is 51.8 Å². The predicted molar refractivity (Wildman–Crippen MR) is 142 cm³/mol. The lowest BCUT2D eigenvalue weighted by Crippen LogP contribution is -2.56. The molecule has 6 heteroatoms. The molecule has 2 atom stereocenters. The predicted octanol–water partition coefficient (Wildman–Crippen LogP) is 6.36. The second-order valence-electron chi connectivity index (χ2n) is 9.62. The van der Waals surface area contributed by atoms with Crippen molar-refractivity contribution in [1.82, 2.24) is 9.88 Å². The summed E-state index contributed by atoms with van der Waals surface area (Å²) >= 11 is 6.26. The van der Waals surface area contributed by atoms with Crippen LogP contribution in [0.3, 0.4) is 0 Å². The van der Waals surface area contributed by atoms with Crippen LogP contribution in [-0.2, 0) is 6.61 Å². The number of hydrogen-bond donors (Lipinski definition) is 0. The van der Waals surface area contributed by atoms with Gasteiger partial charge in [-0.2, -0.15) is 0 Å². The second kappa shape index (κ2) is 10.5. The fourth-order valence-corrected chi connectivity index (χ4v) is 5.83. The van der Waals surface area contributed by atoms with Gasteiger partial charge in [-0.3, -0.25) is 9.88 Å². The van der Waals surface area contributed by atoms with Gasteiger partial charge in [-0.05, 0) is 80.1 Å². The molecule has 2 aliphatic rings. The minimum absolute atomic E-state index is 0.458. The van der Waals surface area contributed by atoms with Gasteiger partial charge in [0.2, 0.25) is 0 Å². The van der Waals surface area contributed by atoms with E-state index >= 15 is 0 Å². The van der Waals surface area contributed by atoms with Crippen molar-refractivity contribution in [3.63, 3.8) is 0 Å². The molecule has 0 spiro atoms. The number of pyridine rings is 1. The third kappa shape index (κ3) is 4.98. The van der Waals surface area contributed by atoms with Crippen molar-refractivity contribution in [2.24, 2.45) is 0 Å². The SMILES string of the molecule is COc1cc(N2CCN3[C@@H](CCC[C@@H]3c3ccc(OCc4ccccn4)c(C)c3C)C2)ccc1Cl. The largest absolute Gasteiger partial charge is 0.495 e. The maximum absolute atomic E-state index is 6.26. The van der Waals surface area contributed by atoms with E-state index in [-0.39, 0.29) is 0 Å². The minimum atomic E-state index is 0.458. The molecule has 0 radical (unpaired) electrons. The summed E-state index contributed by atoms with van der Waals surface area (Å²) in [7, 11) is 1.67. The van der Waals surface area contributed by atoms with Gasteiger partial charge in [0.25, 0.3) is 0 Å². The summed E-state index contributed by atoms with van der Waals surface area (Å²) in [5, 5.41) is 0.658. The van der Waals surface area contributed by atoms with Gasteiger partial charge in [-0.25, -0.2) is 0 Å². The Morgan fingerprint density at radius 2 is 1.89 bits per heavy atom. The topological polar surface area (TPSA) is 37.8 Å². The molecular formula is C29H34ClN3O2. The first kappa shape index (κ1) is 24.0. The number of nitrogens with zero attached hydrogens (tertiary/aromatic N) is 3. The highest BCUT2D eigenvalue weighted by Crippen LogP contribution is 2.40. The van der Waals surface area contributed by atoms with Crippen LogP contribution < -0.4 is 14.4 Å². The second-order valence-corrected chi connectivity index (χ2v) is 10.0. The van der Waals surface area contributed by atoms with E-state index in [0.29, 0.717) is 23.7 Å². The van der Waals surface area contributed by atoms with E-state index in [1.807, 2.05) is 30.5 Å². The van der Waals surface area contributed by atoms with Gasteiger partial charge in [0.1, 0.15) is 18.1 Å². The lowest BCUT2D eigenvalue weighted by Gasteiger charge is -2.49. The Kier molecular flexibility index (Phi) is 7.17. The number of rotatable bonds is 6. The molecule has 0 saturated carbocycles. The fraction of sp³-hybridized carbons (Fsp3) is 0.414. The normalized spacial score (nSPS) is 20.4. The van der Waals surface area contributed by atoms with Crippen LogP contribution in [0, 0.1) is 13.8 Å². The number of hydrogen-bond acceptors (Lipinski definition) is 5. The summed E-state index contributed by atoms with van der Waals surface area (Å²) in [6.07, 6.45) is 5.50. The van der Waals surface area contributed by atoms with Crippen LogP contribution in [0.2, 0.25) is 5.02 Å². The van der Waals surface area contributed by atoms with E-state index in [4.69, 9.17) is 21.1 Å². The van der Waals surface area contributed by atoms with Crippen molar-refractivity contribution in [3.8, 4) is 11.5 Å². The number of anilines is 1. The highest BCUT2D eigenvalue weighted by atomic mass is 35.5. The first-order valence-corrected chi connectivity index (χ1v) is 12.9. The Labute approximate surface area is 213 Å². The summed E-state index contributed by atoms with van der Waals surface area (Å²) in [4.78, 5) is 9.60. The van der Waals surface area contributed by atoms with Gasteiger partial charge in [-0.15, -0.1) is 0 Å². The third-order valence-electron chi connectivity index (χ3n) is 7.68. The Morgan fingerprint density at radius 1 is 1.00 bits per heavy atom. The van der Waals surface area contributed by atoms with Crippen LogP contribution >= 0.6 is 11.6 Å². The Morgan fingerprint density at radius 3 is 2.69 bits per heavy atom. The molecule has 2 saturated heterocycles. The van der Waals surface area contributed by atoms with E-state index in [9.17, 15) is 0 Å². The molecule has 0 amide bonds. The molecule has 0 N–H and O–H groups in total. The zero-order chi connectivity index (χ0) is 24.4. The summed E-state index contributed by atoms with van der Waals surface area (Å²) < 4.78 is 11.6. The van der Waals surface area contributed by atoms with Gasteiger partial charge < -0.3 is 14.4 Å². The monoisotopic (exact) mass is 491 g/mol. The molecule has 5 rings (SSSR count). The first-order chi connectivity index (χ1) is 17.0. The Hall–Kier alpha value is -2.76. The van der Waals surface area contributed by atoms with Gasteiger partial charge in [0, 0.05) is 49.7 Å². The summed E-state index contributed by atoms with van der Waals surface area (Å²) in [6, 6.07) is 17.5. The number of piperidine rings is 1. The lowest BCUT2D eigenvalue weighted by molar-refractivity contribution is 0.0712. The van der Waals surface area contributed by atoms with Gasteiger partial charge in [0.15, 0.2) is 0 Å². The summed E-state index contributed by atoms with van der Waals surface area (Å²) in [5.74, 6) is 1.69. The van der Waals surface area contributed by atoms with Crippen molar-refractivity contribution >= 4 is 17.3 Å². The maximum atomic E-state index is 6.26. The van der Waals surface area contributed by atoms with E-state index in [1.165, 1.54) is 41.6 Å². The van der Waals surface area contributed by atoms with Gasteiger partial charge in [-0.1, -0.05) is 23.7 Å². The van der Waals surface area contributed by atoms with Crippen LogP contribution in [0.25, 0.3) is 0 Å². The van der Waals surface area contributed by atoms with E-state index < -0.39 is 0 Å². The molecule has 0 aliphatic carbocycles. The number of aromatic nitrogens is 1. The number of ether oxygens (including phenoxy) is 2. The smallest absolute Gasteiger partial charge is 0.139 e. The summed E-state index contributed by atoms with van der Waals surface area (Å²) in [6.45, 7) is 8.00. The van der Waals surface area contributed by atoms with Gasteiger partial charge >= 0.3 is 0 Å². The quantitative estimate of drug-likeness (QED) is 0.401. The zero-order valence-electron chi connectivity index (χ0n) is 20.8. The number of methoxy groups -OCH3 is 1. The Balaban J connectivity index is 1.31. The molecule has 3 heterocycles. The fourth-order valence-electron chi connectivity index (χ4n) is 5.63. The minimum Gasteiger partial charge on any atom is -0.495 e. The van der Waals surface area contributed by atoms with Crippen LogP contribution in [0.15, 0.2) is 54.7 Å². The molecule has 184 valence electrons. The lowest BCUT2D eigenvalue weighted by atomic mass is 9.86. The highest BCUT2D eigenvalue weighted by Gasteiger charge is 2.36. The standard InChI is InChI=1S/C29H34ClN3O2/c1-20-21(2)28(35-19-22-7-4-5-14-31-22)13-11-25(20)27-9-6-8-24-18-32(15-16-33(24)27)23-10-12-26(30)29(17-23)34-3/h4-5,7,10-14,17,24,27H,6,8-9,15-16,18-19H2,1-3H3/t24-,27+/m0/s1. The molecule has 2 aromatic carbocycles. The molecular weight excluding hydrogens is 458 g/mol. The van der Waals surface area contributed by atoms with E-state index in [2.05, 4.69) is 52.9 Å². The van der Waals surface area contributed by atoms with Crippen LogP contribution in [-0.4, -0.2) is 42.7 Å². The first-order valence-electron chi connectivity index (χ1n) is 12.5. The average Bonchev–Trinajstić information content (AvgIpc) is 2.90. The maximum Gasteiger partial charge on any atom is 0.139 e. The number of halogens is 1. The molecule has 0 unspecified atom stereocenters. The van der Waals surface area contributed by atoms with Crippen LogP contribution in [0.4, 0.5) is 5.69 Å². The molecule has 5 nitrogen and oxygen atoms in total. The molecule has 1 aromatic heterocycles. The Bertz CT molecular complexity index is 1170. The molecule has 35 heavy (non-hydrogen) atoms. The van der Waals surface area contributed by atoms with Crippen molar-refractivity contribution < 1.29 is 9.47 Å². The number of benzene rings is 2. The van der Waals surface area contributed by atoms with E-state index in [1.54, 1.807) is 7.11 Å². The third-order valence-corrected chi connectivity index (χ3v) is 8.00. The van der Waals surface area contributed by atoms with Crippen LogP contribution in [0.5, 0.6) is 11.5 Å².